The summed E-state index contributed by atoms with van der Waals surface area (Å²) in [5.41, 5.74) is 3.40. The van der Waals surface area contributed by atoms with Crippen LogP contribution in [0.5, 0.6) is 11.5 Å². The van der Waals surface area contributed by atoms with Crippen molar-refractivity contribution in [1.82, 2.24) is 9.78 Å². The molecule has 3 aromatic rings. The average molecular weight is 439 g/mol. The third-order valence-corrected chi connectivity index (χ3v) is 8.32. The van der Waals surface area contributed by atoms with Gasteiger partial charge in [0, 0.05) is 17.4 Å². The molecule has 2 aromatic carbocycles. The summed E-state index contributed by atoms with van der Waals surface area (Å²) in [5, 5.41) is 4.69. The molecule has 30 heavy (non-hydrogen) atoms. The third kappa shape index (κ3) is 3.96. The van der Waals surface area contributed by atoms with Crippen LogP contribution in [0.4, 0.5) is 0 Å². The Hall–Kier alpha value is -2.38. The third-order valence-electron chi connectivity index (χ3n) is 5.22. The summed E-state index contributed by atoms with van der Waals surface area (Å²) in [6.07, 6.45) is 2.24. The highest BCUT2D eigenvalue weighted by Crippen LogP contribution is 2.47. The zero-order valence-corrected chi connectivity index (χ0v) is 18.2. The van der Waals surface area contributed by atoms with E-state index in [1.807, 2.05) is 78.1 Å². The molecule has 2 fully saturated rings. The average Bonchev–Trinajstić information content (AvgIpc) is 3.30. The predicted octanol–water partition coefficient (Wildman–Crippen LogP) is 5.46. The van der Waals surface area contributed by atoms with Gasteiger partial charge in [-0.25, -0.2) is 9.48 Å². The van der Waals surface area contributed by atoms with Crippen LogP contribution >= 0.6 is 23.5 Å². The molecule has 0 radical (unpaired) electrons. The van der Waals surface area contributed by atoms with Gasteiger partial charge in [-0.05, 0) is 48.7 Å². The van der Waals surface area contributed by atoms with Crippen LogP contribution in [0.1, 0.15) is 45.1 Å². The normalized spacial score (nSPS) is 16.6. The number of thioether (sulfide) groups is 2. The minimum absolute atomic E-state index is 0.407. The summed E-state index contributed by atoms with van der Waals surface area (Å²) >= 11 is 3.86. The Balaban J connectivity index is 1.44. The number of para-hydroxylation sites is 1. The molecular weight excluding hydrogens is 416 g/mol. The monoisotopic (exact) mass is 438 g/mol. The van der Waals surface area contributed by atoms with Gasteiger partial charge < -0.3 is 9.47 Å². The molecule has 1 aliphatic heterocycles. The Labute approximate surface area is 184 Å². The quantitative estimate of drug-likeness (QED) is 0.376. The minimum atomic E-state index is -0.436. The zero-order chi connectivity index (χ0) is 20.5. The summed E-state index contributed by atoms with van der Waals surface area (Å²) in [6.45, 7) is 0. The number of benzene rings is 2. The molecular formula is C23H22N2O3S2. The Morgan fingerprint density at radius 3 is 2.50 bits per heavy atom. The van der Waals surface area contributed by atoms with Gasteiger partial charge in [0.1, 0.15) is 0 Å². The van der Waals surface area contributed by atoms with E-state index in [0.29, 0.717) is 27.7 Å². The van der Waals surface area contributed by atoms with Crippen molar-refractivity contribution in [3.05, 3.63) is 71.5 Å². The van der Waals surface area contributed by atoms with Gasteiger partial charge in [0.15, 0.2) is 17.2 Å². The van der Waals surface area contributed by atoms with Crippen molar-refractivity contribution in [2.45, 2.75) is 23.3 Å². The fourth-order valence-corrected chi connectivity index (χ4v) is 6.35. The molecule has 0 spiro atoms. The molecule has 0 atom stereocenters. The van der Waals surface area contributed by atoms with Crippen LogP contribution in [0.25, 0.3) is 5.69 Å². The Morgan fingerprint density at radius 2 is 1.80 bits per heavy atom. The van der Waals surface area contributed by atoms with Crippen LogP contribution in [-0.2, 0) is 0 Å². The van der Waals surface area contributed by atoms with E-state index in [9.17, 15) is 4.79 Å². The van der Waals surface area contributed by atoms with Gasteiger partial charge in [0.25, 0.3) is 0 Å². The van der Waals surface area contributed by atoms with Gasteiger partial charge >= 0.3 is 5.97 Å². The number of nitrogens with zero attached hydrogens (tertiary/aromatic N) is 2. The SMILES string of the molecule is COc1cc(C2SCCS2)ccc1OC(=O)c1cc(C2CC2)nn1-c1ccccc1. The number of hydrogen-bond acceptors (Lipinski definition) is 6. The molecule has 1 aliphatic carbocycles. The highest BCUT2D eigenvalue weighted by Gasteiger charge is 2.30. The molecule has 2 aliphatic rings. The van der Waals surface area contributed by atoms with Crippen LogP contribution in [0.2, 0.25) is 0 Å². The van der Waals surface area contributed by atoms with E-state index < -0.39 is 5.97 Å². The van der Waals surface area contributed by atoms with Crippen molar-refractivity contribution >= 4 is 29.5 Å². The van der Waals surface area contributed by atoms with Crippen molar-refractivity contribution < 1.29 is 14.3 Å². The predicted molar refractivity (Wildman–Crippen MR) is 121 cm³/mol. The standard InChI is InChI=1S/C23H22N2O3S2/c1-27-21-13-16(23-29-11-12-30-23)9-10-20(21)28-22(26)19-14-18(15-7-8-15)24-25(19)17-5-3-2-4-6-17/h2-6,9-10,13-15,23H,7-8,11-12H2,1H3. The molecule has 7 heteroatoms. The summed E-state index contributed by atoms with van der Waals surface area (Å²) in [6, 6.07) is 17.4. The van der Waals surface area contributed by atoms with Crippen molar-refractivity contribution in [3.8, 4) is 17.2 Å². The molecule has 2 heterocycles. The van der Waals surface area contributed by atoms with E-state index in [0.717, 1.165) is 35.7 Å². The molecule has 1 saturated heterocycles. The number of methoxy groups -OCH3 is 1. The molecule has 0 amide bonds. The summed E-state index contributed by atoms with van der Waals surface area (Å²) in [7, 11) is 1.60. The molecule has 1 aromatic heterocycles. The molecule has 1 saturated carbocycles. The maximum Gasteiger partial charge on any atom is 0.362 e. The molecule has 154 valence electrons. The fourth-order valence-electron chi connectivity index (χ4n) is 3.51. The lowest BCUT2D eigenvalue weighted by Gasteiger charge is -2.14. The van der Waals surface area contributed by atoms with E-state index in [1.54, 1.807) is 11.8 Å². The molecule has 0 N–H and O–H groups in total. The van der Waals surface area contributed by atoms with Gasteiger partial charge in [-0.2, -0.15) is 5.10 Å². The second-order valence-electron chi connectivity index (χ2n) is 7.35. The lowest BCUT2D eigenvalue weighted by molar-refractivity contribution is 0.0720. The highest BCUT2D eigenvalue weighted by molar-refractivity contribution is 8.19. The number of carbonyl (C=O) groups excluding carboxylic acids is 1. The number of carbonyl (C=O) groups is 1. The number of esters is 1. The smallest absolute Gasteiger partial charge is 0.362 e. The number of hydrogen-bond donors (Lipinski definition) is 0. The minimum Gasteiger partial charge on any atom is -0.493 e. The first-order valence-corrected chi connectivity index (χ1v) is 12.1. The fraction of sp³-hybridized carbons (Fsp3) is 0.304. The second-order valence-corrected chi connectivity index (χ2v) is 10.1. The van der Waals surface area contributed by atoms with Gasteiger partial charge in [-0.3, -0.25) is 0 Å². The van der Waals surface area contributed by atoms with Crippen LogP contribution in [0.3, 0.4) is 0 Å². The molecule has 5 rings (SSSR count). The molecule has 0 bridgehead atoms. The summed E-state index contributed by atoms with van der Waals surface area (Å²) in [4.78, 5) is 13.1. The van der Waals surface area contributed by atoms with Crippen molar-refractivity contribution in [2.24, 2.45) is 0 Å². The first-order chi connectivity index (χ1) is 14.7. The maximum atomic E-state index is 13.1. The van der Waals surface area contributed by atoms with Crippen molar-refractivity contribution in [2.75, 3.05) is 18.6 Å². The van der Waals surface area contributed by atoms with Crippen molar-refractivity contribution in [1.29, 1.82) is 0 Å². The Morgan fingerprint density at radius 1 is 1.03 bits per heavy atom. The number of ether oxygens (including phenoxy) is 2. The molecule has 5 nitrogen and oxygen atoms in total. The largest absolute Gasteiger partial charge is 0.493 e. The van der Waals surface area contributed by atoms with Gasteiger partial charge in [0.05, 0.1) is 23.1 Å². The Bertz CT molecular complexity index is 1060. The summed E-state index contributed by atoms with van der Waals surface area (Å²) in [5.74, 6) is 3.31. The van der Waals surface area contributed by atoms with Crippen LogP contribution < -0.4 is 9.47 Å². The molecule has 0 unspecified atom stereocenters. The van der Waals surface area contributed by atoms with Gasteiger partial charge in [-0.15, -0.1) is 23.5 Å². The van der Waals surface area contributed by atoms with Gasteiger partial charge in [-0.1, -0.05) is 24.3 Å². The van der Waals surface area contributed by atoms with E-state index in [4.69, 9.17) is 14.6 Å². The zero-order valence-electron chi connectivity index (χ0n) is 16.6. The van der Waals surface area contributed by atoms with Gasteiger partial charge in [0.2, 0.25) is 0 Å². The van der Waals surface area contributed by atoms with Crippen LogP contribution in [-0.4, -0.2) is 34.4 Å². The lowest BCUT2D eigenvalue weighted by Crippen LogP contribution is -2.15. The van der Waals surface area contributed by atoms with Crippen molar-refractivity contribution in [3.63, 3.8) is 0 Å². The number of rotatable bonds is 6. The van der Waals surface area contributed by atoms with E-state index in [-0.39, 0.29) is 0 Å². The van der Waals surface area contributed by atoms with Crippen LogP contribution in [0.15, 0.2) is 54.6 Å². The first kappa shape index (κ1) is 19.6. The topological polar surface area (TPSA) is 53.4 Å². The van der Waals surface area contributed by atoms with E-state index >= 15 is 0 Å². The number of aromatic nitrogens is 2. The lowest BCUT2D eigenvalue weighted by atomic mass is 10.2. The summed E-state index contributed by atoms with van der Waals surface area (Å²) < 4.78 is 13.4. The highest BCUT2D eigenvalue weighted by atomic mass is 32.2. The van der Waals surface area contributed by atoms with E-state index in [1.165, 1.54) is 5.56 Å². The second kappa shape index (κ2) is 8.40. The maximum absolute atomic E-state index is 13.1. The van der Waals surface area contributed by atoms with E-state index in [2.05, 4.69) is 0 Å². The Kier molecular flexibility index (Phi) is 5.48. The first-order valence-electron chi connectivity index (χ1n) is 10.0. The van der Waals surface area contributed by atoms with Crippen LogP contribution in [0, 0.1) is 0 Å².